The maximum Gasteiger partial charge on any atom is 0.209 e. The van der Waals surface area contributed by atoms with Gasteiger partial charge in [0, 0.05) is 24.5 Å². The van der Waals surface area contributed by atoms with E-state index in [0.29, 0.717) is 30.0 Å². The van der Waals surface area contributed by atoms with Crippen LogP contribution in [0.25, 0.3) is 22.2 Å². The summed E-state index contributed by atoms with van der Waals surface area (Å²) in [6.07, 6.45) is 4.01. The Kier molecular flexibility index (Phi) is 6.08. The van der Waals surface area contributed by atoms with E-state index in [4.69, 9.17) is 4.74 Å². The first-order valence-corrected chi connectivity index (χ1v) is 10.1. The van der Waals surface area contributed by atoms with Crippen LogP contribution in [-0.4, -0.2) is 42.6 Å². The summed E-state index contributed by atoms with van der Waals surface area (Å²) in [7, 11) is 0. The van der Waals surface area contributed by atoms with E-state index in [1.807, 2.05) is 0 Å². The van der Waals surface area contributed by atoms with Gasteiger partial charge in [0.2, 0.25) is 6.41 Å². The lowest BCUT2D eigenvalue weighted by Crippen LogP contribution is -2.34. The number of halogens is 3. The van der Waals surface area contributed by atoms with Crippen LogP contribution in [0.5, 0.6) is 0 Å². The van der Waals surface area contributed by atoms with Gasteiger partial charge in [0.15, 0.2) is 0 Å². The number of benzene rings is 2. The molecule has 30 heavy (non-hydrogen) atoms. The Balaban J connectivity index is 0.000000230. The number of rotatable bonds is 3. The molecule has 1 aromatic heterocycles. The summed E-state index contributed by atoms with van der Waals surface area (Å²) in [4.78, 5) is 14.8. The Labute approximate surface area is 172 Å². The molecule has 1 amide bonds. The van der Waals surface area contributed by atoms with Gasteiger partial charge in [-0.2, -0.15) is 0 Å². The molecule has 0 atom stereocenters. The molecular weight excluding hydrogens is 393 g/mol. The number of hydrogen-bond acceptors (Lipinski definition) is 2. The van der Waals surface area contributed by atoms with E-state index >= 15 is 0 Å². The Morgan fingerprint density at radius 3 is 2.27 bits per heavy atom. The monoisotopic (exact) mass is 416 g/mol. The Bertz CT molecular complexity index is 1020. The van der Waals surface area contributed by atoms with Crippen molar-refractivity contribution in [2.45, 2.75) is 25.2 Å². The second-order valence-electron chi connectivity index (χ2n) is 7.61. The molecule has 1 N–H and O–H groups in total. The average molecular weight is 416 g/mol. The summed E-state index contributed by atoms with van der Waals surface area (Å²) >= 11 is 0. The second kappa shape index (κ2) is 8.92. The van der Waals surface area contributed by atoms with Gasteiger partial charge in [0.25, 0.3) is 0 Å². The lowest BCUT2D eigenvalue weighted by atomic mass is 9.78. The van der Waals surface area contributed by atoms with Gasteiger partial charge < -0.3 is 14.6 Å². The minimum atomic E-state index is -0.594. The summed E-state index contributed by atoms with van der Waals surface area (Å²) in [6.45, 7) is 2.89. The minimum absolute atomic E-state index is 0.301. The van der Waals surface area contributed by atoms with Crippen molar-refractivity contribution in [2.75, 3.05) is 26.3 Å². The molecule has 0 spiro atoms. The number of nitrogens with zero attached hydrogens (tertiary/aromatic N) is 1. The molecule has 2 fully saturated rings. The summed E-state index contributed by atoms with van der Waals surface area (Å²) in [5.74, 6) is -1.18. The normalized spacial score (nSPS) is 16.7. The number of carbonyl (C=O) groups is 1. The average Bonchev–Trinajstić information content (AvgIpc) is 3.08. The number of amides is 1. The number of fused-ring (bicyclic) bond motifs is 1. The largest absolute Gasteiger partial charge is 0.378 e. The summed E-state index contributed by atoms with van der Waals surface area (Å²) in [5, 5.41) is 0.599. The van der Waals surface area contributed by atoms with Gasteiger partial charge in [0.05, 0.1) is 24.4 Å². The second-order valence-corrected chi connectivity index (χ2v) is 7.61. The molecule has 2 aliphatic rings. The molecule has 7 heteroatoms. The fourth-order valence-corrected chi connectivity index (χ4v) is 3.89. The van der Waals surface area contributed by atoms with Gasteiger partial charge in [-0.1, -0.05) is 6.42 Å². The van der Waals surface area contributed by atoms with Crippen molar-refractivity contribution in [1.82, 2.24) is 9.88 Å². The fourth-order valence-electron chi connectivity index (χ4n) is 3.89. The number of aromatic nitrogens is 1. The van der Waals surface area contributed by atoms with E-state index in [0.717, 1.165) is 61.6 Å². The molecule has 5 rings (SSSR count). The van der Waals surface area contributed by atoms with E-state index in [2.05, 4.69) is 4.98 Å². The van der Waals surface area contributed by atoms with E-state index in [1.165, 1.54) is 18.2 Å². The zero-order valence-corrected chi connectivity index (χ0v) is 16.5. The zero-order chi connectivity index (χ0) is 21.1. The number of morpholine rings is 1. The molecule has 3 aromatic rings. The van der Waals surface area contributed by atoms with Crippen LogP contribution < -0.4 is 0 Å². The Morgan fingerprint density at radius 2 is 1.70 bits per heavy atom. The van der Waals surface area contributed by atoms with Gasteiger partial charge in [-0.05, 0) is 60.2 Å². The molecule has 0 radical (unpaired) electrons. The quantitative estimate of drug-likeness (QED) is 0.611. The first-order valence-electron chi connectivity index (χ1n) is 10.1. The van der Waals surface area contributed by atoms with E-state index in [9.17, 15) is 18.0 Å². The maximum atomic E-state index is 14.1. The number of ether oxygens (including phenoxy) is 1. The molecule has 1 saturated heterocycles. The Morgan fingerprint density at radius 1 is 1.00 bits per heavy atom. The third-order valence-corrected chi connectivity index (χ3v) is 5.71. The Hall–Kier alpha value is -2.80. The van der Waals surface area contributed by atoms with Gasteiger partial charge in [-0.15, -0.1) is 0 Å². The molecule has 158 valence electrons. The van der Waals surface area contributed by atoms with Crippen LogP contribution in [0, 0.1) is 17.5 Å². The molecule has 2 heterocycles. The van der Waals surface area contributed by atoms with Crippen molar-refractivity contribution in [3.8, 4) is 11.3 Å². The summed E-state index contributed by atoms with van der Waals surface area (Å²) < 4.78 is 45.8. The van der Waals surface area contributed by atoms with E-state index < -0.39 is 11.6 Å². The molecule has 1 aliphatic carbocycles. The molecule has 0 bridgehead atoms. The first kappa shape index (κ1) is 20.5. The number of nitrogens with one attached hydrogen (secondary N) is 1. The van der Waals surface area contributed by atoms with Crippen LogP contribution in [0.15, 0.2) is 36.4 Å². The predicted octanol–water partition coefficient (Wildman–Crippen LogP) is 4.99. The highest BCUT2D eigenvalue weighted by Gasteiger charge is 2.27. The SMILES string of the molecule is Fc1ccc(-c2[nH]c3c(F)cc(F)cc3c2C2CCC2)cc1.O=CN1CCOCC1. The van der Waals surface area contributed by atoms with Crippen LogP contribution in [0.4, 0.5) is 13.2 Å². The number of carbonyl (C=O) groups excluding carboxylic acids is 1. The van der Waals surface area contributed by atoms with Crippen LogP contribution in [0.3, 0.4) is 0 Å². The standard InChI is InChI=1S/C18H14F3N.C5H9NO2/c19-12-6-4-11(5-7-12)17-16(10-2-1-3-10)14-8-13(20)9-15(21)18(14)22-17;7-5-6-1-3-8-4-2-6/h4-10,22H,1-3H2;5H,1-4H2. The third kappa shape index (κ3) is 4.21. The van der Waals surface area contributed by atoms with Crippen molar-refractivity contribution in [3.05, 3.63) is 59.4 Å². The van der Waals surface area contributed by atoms with Crippen molar-refractivity contribution >= 4 is 17.3 Å². The highest BCUT2D eigenvalue weighted by Crippen LogP contribution is 2.45. The zero-order valence-electron chi connectivity index (χ0n) is 16.5. The van der Waals surface area contributed by atoms with E-state index in [1.54, 1.807) is 17.0 Å². The third-order valence-electron chi connectivity index (χ3n) is 5.71. The van der Waals surface area contributed by atoms with Crippen molar-refractivity contribution in [2.24, 2.45) is 0 Å². The van der Waals surface area contributed by atoms with Crippen molar-refractivity contribution in [3.63, 3.8) is 0 Å². The highest BCUT2D eigenvalue weighted by molar-refractivity contribution is 5.92. The van der Waals surface area contributed by atoms with E-state index in [-0.39, 0.29) is 5.82 Å². The lowest BCUT2D eigenvalue weighted by molar-refractivity contribution is -0.121. The van der Waals surface area contributed by atoms with Crippen LogP contribution in [0.1, 0.15) is 30.7 Å². The smallest absolute Gasteiger partial charge is 0.209 e. The maximum absolute atomic E-state index is 14.1. The number of hydrogen-bond donors (Lipinski definition) is 1. The van der Waals surface area contributed by atoms with Crippen molar-refractivity contribution < 1.29 is 22.7 Å². The summed E-state index contributed by atoms with van der Waals surface area (Å²) in [5.41, 5.74) is 2.83. The number of H-pyrrole nitrogens is 1. The molecular formula is C23H23F3N2O2. The van der Waals surface area contributed by atoms with Crippen LogP contribution in [-0.2, 0) is 9.53 Å². The topological polar surface area (TPSA) is 45.3 Å². The summed E-state index contributed by atoms with van der Waals surface area (Å²) in [6, 6.07) is 8.35. The van der Waals surface area contributed by atoms with Crippen LogP contribution >= 0.6 is 0 Å². The molecule has 4 nitrogen and oxygen atoms in total. The van der Waals surface area contributed by atoms with Crippen LogP contribution in [0.2, 0.25) is 0 Å². The lowest BCUT2D eigenvalue weighted by Gasteiger charge is -2.26. The molecule has 1 aliphatic heterocycles. The van der Waals surface area contributed by atoms with Gasteiger partial charge in [-0.3, -0.25) is 4.79 Å². The van der Waals surface area contributed by atoms with Gasteiger partial charge in [-0.25, -0.2) is 13.2 Å². The fraction of sp³-hybridized carbons (Fsp3) is 0.348. The number of aromatic amines is 1. The van der Waals surface area contributed by atoms with Gasteiger partial charge >= 0.3 is 0 Å². The van der Waals surface area contributed by atoms with Gasteiger partial charge in [0.1, 0.15) is 17.5 Å². The van der Waals surface area contributed by atoms with Crippen molar-refractivity contribution in [1.29, 1.82) is 0 Å². The predicted molar refractivity (Wildman–Crippen MR) is 109 cm³/mol. The first-order chi connectivity index (χ1) is 14.6. The molecule has 2 aromatic carbocycles. The highest BCUT2D eigenvalue weighted by atomic mass is 19.1. The molecule has 0 unspecified atom stereocenters. The molecule has 1 saturated carbocycles. The minimum Gasteiger partial charge on any atom is -0.378 e.